The molecule has 3 heterocycles. The van der Waals surface area contributed by atoms with E-state index in [1.54, 1.807) is 28.2 Å². The summed E-state index contributed by atoms with van der Waals surface area (Å²) in [5, 5.41) is 14.7. The minimum Gasteiger partial charge on any atom is -0.297 e. The molecule has 0 aromatic carbocycles. The van der Waals surface area contributed by atoms with Crippen LogP contribution in [-0.2, 0) is 13.1 Å². The predicted octanol–water partition coefficient (Wildman–Crippen LogP) is 1.62. The summed E-state index contributed by atoms with van der Waals surface area (Å²) in [5.74, 6) is 0.527. The van der Waals surface area contributed by atoms with Gasteiger partial charge < -0.3 is 0 Å². The lowest BCUT2D eigenvalue weighted by atomic mass is 9.97. The van der Waals surface area contributed by atoms with E-state index in [1.165, 1.54) is 0 Å². The predicted molar refractivity (Wildman–Crippen MR) is 85.9 cm³/mol. The lowest BCUT2D eigenvalue weighted by Crippen LogP contribution is -2.36. The van der Waals surface area contributed by atoms with Crippen LogP contribution in [0.2, 0.25) is 0 Å². The second-order valence-electron chi connectivity index (χ2n) is 5.93. The molecule has 0 amide bonds. The highest BCUT2D eigenvalue weighted by Crippen LogP contribution is 2.21. The first-order valence-corrected chi connectivity index (χ1v) is 8.48. The Kier molecular flexibility index (Phi) is 4.63. The van der Waals surface area contributed by atoms with E-state index in [0.717, 1.165) is 54.7 Å². The van der Waals surface area contributed by atoms with Crippen LogP contribution in [0.1, 0.15) is 28.6 Å². The Morgan fingerprint density at radius 2 is 2.00 bits per heavy atom. The fourth-order valence-electron chi connectivity index (χ4n) is 2.85. The van der Waals surface area contributed by atoms with E-state index in [4.69, 9.17) is 0 Å². The van der Waals surface area contributed by atoms with Gasteiger partial charge in [-0.2, -0.15) is 5.10 Å². The number of aryl methyl sites for hydroxylation is 2. The summed E-state index contributed by atoms with van der Waals surface area (Å²) < 4.78 is 1.61. The van der Waals surface area contributed by atoms with Gasteiger partial charge in [0.15, 0.2) is 0 Å². The maximum atomic E-state index is 11.8. The number of rotatable bonds is 4. The van der Waals surface area contributed by atoms with Crippen LogP contribution in [-0.4, -0.2) is 38.0 Å². The quantitative estimate of drug-likeness (QED) is 0.857. The van der Waals surface area contributed by atoms with Crippen molar-refractivity contribution >= 4 is 11.3 Å². The summed E-state index contributed by atoms with van der Waals surface area (Å²) in [6.45, 7) is 7.61. The largest absolute Gasteiger partial charge is 0.297 e. The number of hydrogen-bond donors (Lipinski definition) is 0. The molecule has 0 saturated carbocycles. The fourth-order valence-corrected chi connectivity index (χ4v) is 3.60. The van der Waals surface area contributed by atoms with Crippen LogP contribution in [0.3, 0.4) is 0 Å². The summed E-state index contributed by atoms with van der Waals surface area (Å²) in [4.78, 5) is 14.2. The molecule has 2 aromatic rings. The Morgan fingerprint density at radius 1 is 1.23 bits per heavy atom. The second kappa shape index (κ2) is 6.66. The van der Waals surface area contributed by atoms with E-state index in [0.29, 0.717) is 5.92 Å². The molecule has 0 bridgehead atoms. The SMILES string of the molecule is Cc1ccc(=O)n(CC2CCN(Cc3nnc(C)s3)CC2)n1. The highest BCUT2D eigenvalue weighted by atomic mass is 32.1. The van der Waals surface area contributed by atoms with Gasteiger partial charge in [0, 0.05) is 12.6 Å². The van der Waals surface area contributed by atoms with Crippen molar-refractivity contribution in [2.24, 2.45) is 5.92 Å². The Labute approximate surface area is 133 Å². The van der Waals surface area contributed by atoms with Gasteiger partial charge in [-0.3, -0.25) is 9.69 Å². The Bertz CT molecular complexity index is 687. The second-order valence-corrected chi connectivity index (χ2v) is 7.20. The van der Waals surface area contributed by atoms with Crippen molar-refractivity contribution in [2.75, 3.05) is 13.1 Å². The van der Waals surface area contributed by atoms with E-state index in [9.17, 15) is 4.79 Å². The van der Waals surface area contributed by atoms with Gasteiger partial charge in [0.05, 0.1) is 12.2 Å². The molecular formula is C15H21N5OS. The zero-order valence-electron chi connectivity index (χ0n) is 13.0. The van der Waals surface area contributed by atoms with Crippen LogP contribution in [0.25, 0.3) is 0 Å². The molecule has 1 aliphatic heterocycles. The molecule has 0 atom stereocenters. The number of aromatic nitrogens is 4. The fraction of sp³-hybridized carbons (Fsp3) is 0.600. The first kappa shape index (κ1) is 15.3. The lowest BCUT2D eigenvalue weighted by molar-refractivity contribution is 0.163. The molecule has 0 unspecified atom stereocenters. The first-order chi connectivity index (χ1) is 10.6. The molecule has 118 valence electrons. The van der Waals surface area contributed by atoms with Gasteiger partial charge in [-0.15, -0.1) is 21.5 Å². The normalized spacial score (nSPS) is 17.0. The van der Waals surface area contributed by atoms with Crippen LogP contribution in [0.5, 0.6) is 0 Å². The average molecular weight is 319 g/mol. The van der Waals surface area contributed by atoms with Crippen molar-refractivity contribution in [3.8, 4) is 0 Å². The Balaban J connectivity index is 1.53. The number of piperidine rings is 1. The van der Waals surface area contributed by atoms with Gasteiger partial charge in [0.25, 0.3) is 5.56 Å². The number of likely N-dealkylation sites (tertiary alicyclic amines) is 1. The molecule has 0 N–H and O–H groups in total. The molecule has 3 rings (SSSR count). The highest BCUT2D eigenvalue weighted by molar-refractivity contribution is 7.11. The first-order valence-electron chi connectivity index (χ1n) is 7.66. The maximum absolute atomic E-state index is 11.8. The van der Waals surface area contributed by atoms with Crippen molar-refractivity contribution in [2.45, 2.75) is 39.8 Å². The summed E-state index contributed by atoms with van der Waals surface area (Å²) in [7, 11) is 0. The molecule has 0 radical (unpaired) electrons. The van der Waals surface area contributed by atoms with Crippen molar-refractivity contribution in [3.05, 3.63) is 38.2 Å². The van der Waals surface area contributed by atoms with Gasteiger partial charge in [-0.05, 0) is 51.8 Å². The summed E-state index contributed by atoms with van der Waals surface area (Å²) in [6.07, 6.45) is 2.19. The van der Waals surface area contributed by atoms with Crippen molar-refractivity contribution < 1.29 is 0 Å². The van der Waals surface area contributed by atoms with E-state index < -0.39 is 0 Å². The van der Waals surface area contributed by atoms with Gasteiger partial charge in [-0.1, -0.05) is 0 Å². The van der Waals surface area contributed by atoms with E-state index >= 15 is 0 Å². The van der Waals surface area contributed by atoms with Crippen molar-refractivity contribution in [1.29, 1.82) is 0 Å². The van der Waals surface area contributed by atoms with Crippen molar-refractivity contribution in [1.82, 2.24) is 24.9 Å². The maximum Gasteiger partial charge on any atom is 0.266 e. The third kappa shape index (κ3) is 3.78. The van der Waals surface area contributed by atoms with Gasteiger partial charge in [0.1, 0.15) is 10.0 Å². The summed E-state index contributed by atoms with van der Waals surface area (Å²) in [6, 6.07) is 3.38. The van der Waals surface area contributed by atoms with E-state index in [1.807, 2.05) is 13.8 Å². The van der Waals surface area contributed by atoms with E-state index in [2.05, 4.69) is 20.2 Å². The number of hydrogen-bond acceptors (Lipinski definition) is 6. The molecule has 2 aromatic heterocycles. The van der Waals surface area contributed by atoms with Crippen LogP contribution in [0.15, 0.2) is 16.9 Å². The standard InChI is InChI=1S/C15H21N5OS/c1-11-3-4-15(21)20(18-11)9-13-5-7-19(8-6-13)10-14-17-16-12(2)22-14/h3-4,13H,5-10H2,1-2H3. The van der Waals surface area contributed by atoms with Crippen LogP contribution >= 0.6 is 11.3 Å². The minimum absolute atomic E-state index is 0.00244. The molecule has 1 saturated heterocycles. The Hall–Kier alpha value is -1.60. The third-order valence-electron chi connectivity index (χ3n) is 4.06. The van der Waals surface area contributed by atoms with Gasteiger partial charge in [-0.25, -0.2) is 4.68 Å². The van der Waals surface area contributed by atoms with Gasteiger partial charge >= 0.3 is 0 Å². The van der Waals surface area contributed by atoms with Crippen LogP contribution in [0, 0.1) is 19.8 Å². The zero-order chi connectivity index (χ0) is 15.5. The highest BCUT2D eigenvalue weighted by Gasteiger charge is 2.21. The molecular weight excluding hydrogens is 298 g/mol. The Morgan fingerprint density at radius 3 is 2.68 bits per heavy atom. The van der Waals surface area contributed by atoms with Crippen LogP contribution in [0.4, 0.5) is 0 Å². The molecule has 1 fully saturated rings. The molecule has 1 aliphatic rings. The topological polar surface area (TPSA) is 63.9 Å². The molecule has 22 heavy (non-hydrogen) atoms. The summed E-state index contributed by atoms with van der Waals surface area (Å²) in [5.41, 5.74) is 0.890. The van der Waals surface area contributed by atoms with Gasteiger partial charge in [0.2, 0.25) is 0 Å². The third-order valence-corrected chi connectivity index (χ3v) is 4.89. The van der Waals surface area contributed by atoms with Crippen molar-refractivity contribution in [3.63, 3.8) is 0 Å². The zero-order valence-corrected chi connectivity index (χ0v) is 13.8. The monoisotopic (exact) mass is 319 g/mol. The van der Waals surface area contributed by atoms with Crippen LogP contribution < -0.4 is 5.56 Å². The molecule has 0 aliphatic carbocycles. The van der Waals surface area contributed by atoms with E-state index in [-0.39, 0.29) is 5.56 Å². The number of nitrogens with zero attached hydrogens (tertiary/aromatic N) is 5. The molecule has 0 spiro atoms. The molecule has 6 nitrogen and oxygen atoms in total. The average Bonchev–Trinajstić information content (AvgIpc) is 2.90. The minimum atomic E-state index is -0.00244. The summed E-state index contributed by atoms with van der Waals surface area (Å²) >= 11 is 1.67. The smallest absolute Gasteiger partial charge is 0.266 e. The lowest BCUT2D eigenvalue weighted by Gasteiger charge is -2.31. The molecule has 7 heteroatoms.